The van der Waals surface area contributed by atoms with Crippen LogP contribution in [0, 0.1) is 5.92 Å². The smallest absolute Gasteiger partial charge is 0.228 e. The number of methoxy groups -OCH3 is 1. The van der Waals surface area contributed by atoms with Crippen LogP contribution in [-0.2, 0) is 9.59 Å². The highest BCUT2D eigenvalue weighted by atomic mass is 16.5. The van der Waals surface area contributed by atoms with Crippen molar-refractivity contribution >= 4 is 29.3 Å². The number of ether oxygens (including phenoxy) is 1. The number of aromatic nitrogens is 2. The van der Waals surface area contributed by atoms with Crippen LogP contribution in [0.2, 0.25) is 0 Å². The molecule has 1 unspecified atom stereocenters. The zero-order valence-corrected chi connectivity index (χ0v) is 19.7. The van der Waals surface area contributed by atoms with Gasteiger partial charge in [-0.15, -0.1) is 0 Å². The van der Waals surface area contributed by atoms with Crippen LogP contribution >= 0.6 is 0 Å². The van der Waals surface area contributed by atoms with Gasteiger partial charge in [0.15, 0.2) is 0 Å². The molecule has 1 aromatic carbocycles. The summed E-state index contributed by atoms with van der Waals surface area (Å²) in [6.45, 7) is 5.15. The van der Waals surface area contributed by atoms with Gasteiger partial charge in [0, 0.05) is 70.2 Å². The first kappa shape index (κ1) is 22.4. The quantitative estimate of drug-likeness (QED) is 0.671. The van der Waals surface area contributed by atoms with Crippen molar-refractivity contribution in [1.82, 2.24) is 14.9 Å². The van der Waals surface area contributed by atoms with E-state index in [9.17, 15) is 9.59 Å². The predicted octanol–water partition coefficient (Wildman–Crippen LogP) is 2.18. The molecule has 0 bridgehead atoms. The molecule has 0 spiro atoms. The van der Waals surface area contributed by atoms with E-state index in [0.29, 0.717) is 25.4 Å². The Balaban J connectivity index is 1.18. The van der Waals surface area contributed by atoms with Gasteiger partial charge in [0.25, 0.3) is 0 Å². The summed E-state index contributed by atoms with van der Waals surface area (Å²) in [5, 5.41) is 0. The molecule has 0 aliphatic carbocycles. The van der Waals surface area contributed by atoms with E-state index >= 15 is 0 Å². The molecule has 9 nitrogen and oxygen atoms in total. The molecule has 0 N–H and O–H groups in total. The molecular formula is C25H32N6O3. The summed E-state index contributed by atoms with van der Waals surface area (Å²) in [7, 11) is 1.60. The highest BCUT2D eigenvalue weighted by molar-refractivity contribution is 6.00. The Hall–Kier alpha value is -3.36. The summed E-state index contributed by atoms with van der Waals surface area (Å²) in [6, 6.07) is 9.38. The van der Waals surface area contributed by atoms with Crippen LogP contribution in [0.1, 0.15) is 25.7 Å². The van der Waals surface area contributed by atoms with Crippen molar-refractivity contribution in [2.75, 3.05) is 67.6 Å². The molecule has 3 fully saturated rings. The van der Waals surface area contributed by atoms with Crippen molar-refractivity contribution in [3.05, 3.63) is 36.5 Å². The maximum Gasteiger partial charge on any atom is 0.228 e. The number of hydrogen-bond donors (Lipinski definition) is 0. The Kier molecular flexibility index (Phi) is 6.51. The second kappa shape index (κ2) is 9.87. The van der Waals surface area contributed by atoms with Gasteiger partial charge in [0.1, 0.15) is 11.6 Å². The maximum atomic E-state index is 13.2. The molecule has 0 saturated carbocycles. The molecule has 5 rings (SSSR count). The Morgan fingerprint density at radius 1 is 1.00 bits per heavy atom. The third-order valence-electron chi connectivity index (χ3n) is 7.02. The third kappa shape index (κ3) is 4.64. The first-order valence-electron chi connectivity index (χ1n) is 12.2. The van der Waals surface area contributed by atoms with Gasteiger partial charge in [-0.25, -0.2) is 4.98 Å². The molecule has 2 aromatic rings. The molecule has 2 amide bonds. The third-order valence-corrected chi connectivity index (χ3v) is 7.02. The van der Waals surface area contributed by atoms with Gasteiger partial charge < -0.3 is 24.3 Å². The summed E-state index contributed by atoms with van der Waals surface area (Å²) in [5.41, 5.74) is 0.776. The summed E-state index contributed by atoms with van der Waals surface area (Å²) in [5.74, 6) is 2.16. The fraction of sp³-hybridized carbons (Fsp3) is 0.520. The number of anilines is 3. The average Bonchev–Trinajstić information content (AvgIpc) is 3.30. The highest BCUT2D eigenvalue weighted by Crippen LogP contribution is 2.29. The lowest BCUT2D eigenvalue weighted by molar-refractivity contribution is -0.136. The van der Waals surface area contributed by atoms with E-state index in [1.165, 1.54) is 19.3 Å². The monoisotopic (exact) mass is 464 g/mol. The normalized spacial score (nSPS) is 21.2. The molecule has 0 radical (unpaired) electrons. The number of rotatable bonds is 5. The van der Waals surface area contributed by atoms with Crippen LogP contribution in [0.5, 0.6) is 5.75 Å². The topological polar surface area (TPSA) is 82.1 Å². The molecule has 34 heavy (non-hydrogen) atoms. The molecule has 9 heteroatoms. The zero-order chi connectivity index (χ0) is 23.5. The number of benzene rings is 1. The minimum atomic E-state index is -0.310. The van der Waals surface area contributed by atoms with E-state index in [1.807, 2.05) is 41.4 Å². The van der Waals surface area contributed by atoms with Gasteiger partial charge in [0.05, 0.1) is 13.0 Å². The lowest BCUT2D eigenvalue weighted by atomic mass is 10.1. The largest absolute Gasteiger partial charge is 0.497 e. The van der Waals surface area contributed by atoms with Crippen molar-refractivity contribution in [3.8, 4) is 5.75 Å². The Morgan fingerprint density at radius 2 is 1.79 bits per heavy atom. The zero-order valence-electron chi connectivity index (χ0n) is 19.7. The Bertz CT molecular complexity index is 1030. The van der Waals surface area contributed by atoms with Crippen LogP contribution in [0.4, 0.5) is 17.5 Å². The van der Waals surface area contributed by atoms with E-state index < -0.39 is 0 Å². The van der Waals surface area contributed by atoms with Crippen molar-refractivity contribution < 1.29 is 14.3 Å². The molecule has 1 atom stereocenters. The Morgan fingerprint density at radius 3 is 2.56 bits per heavy atom. The van der Waals surface area contributed by atoms with Gasteiger partial charge >= 0.3 is 0 Å². The molecule has 180 valence electrons. The molecule has 4 heterocycles. The first-order valence-corrected chi connectivity index (χ1v) is 12.2. The maximum absolute atomic E-state index is 13.2. The minimum Gasteiger partial charge on any atom is -0.497 e. The molecule has 3 saturated heterocycles. The molecule has 3 aliphatic heterocycles. The van der Waals surface area contributed by atoms with Gasteiger partial charge in [0.2, 0.25) is 17.8 Å². The molecular weight excluding hydrogens is 432 g/mol. The fourth-order valence-corrected chi connectivity index (χ4v) is 5.08. The summed E-state index contributed by atoms with van der Waals surface area (Å²) in [4.78, 5) is 43.3. The summed E-state index contributed by atoms with van der Waals surface area (Å²) in [6.07, 6.45) is 5.74. The average molecular weight is 465 g/mol. The van der Waals surface area contributed by atoms with Crippen LogP contribution in [0.15, 0.2) is 36.5 Å². The number of hydrogen-bond acceptors (Lipinski definition) is 7. The van der Waals surface area contributed by atoms with Crippen molar-refractivity contribution in [1.29, 1.82) is 0 Å². The van der Waals surface area contributed by atoms with Crippen molar-refractivity contribution in [2.24, 2.45) is 5.92 Å². The Labute approximate surface area is 200 Å². The van der Waals surface area contributed by atoms with Gasteiger partial charge in [-0.05, 0) is 37.5 Å². The van der Waals surface area contributed by atoms with Crippen molar-refractivity contribution in [2.45, 2.75) is 25.7 Å². The van der Waals surface area contributed by atoms with E-state index in [1.54, 1.807) is 12.0 Å². The lowest BCUT2D eigenvalue weighted by Crippen LogP contribution is -2.51. The number of amides is 2. The summed E-state index contributed by atoms with van der Waals surface area (Å²) < 4.78 is 5.28. The predicted molar refractivity (Wildman–Crippen MR) is 130 cm³/mol. The van der Waals surface area contributed by atoms with E-state index in [4.69, 9.17) is 9.72 Å². The highest BCUT2D eigenvalue weighted by Gasteiger charge is 2.38. The standard InChI is InChI=1S/C25H32N6O3/c1-34-21-7-5-6-20(17-21)31-18-19(16-23(31)32)24(33)29-14-12-28(13-15-29)22-8-9-26-25(27-22)30-10-3-2-4-11-30/h5-9,17,19H,2-4,10-16,18H2,1H3. The van der Waals surface area contributed by atoms with E-state index in [2.05, 4.69) is 14.8 Å². The van der Waals surface area contributed by atoms with E-state index in [-0.39, 0.29) is 24.2 Å². The lowest BCUT2D eigenvalue weighted by Gasteiger charge is -2.37. The van der Waals surface area contributed by atoms with Crippen LogP contribution < -0.4 is 19.4 Å². The first-order chi connectivity index (χ1) is 16.6. The number of carbonyl (C=O) groups excluding carboxylic acids is 2. The van der Waals surface area contributed by atoms with Gasteiger partial charge in [-0.3, -0.25) is 9.59 Å². The second-order valence-corrected chi connectivity index (χ2v) is 9.18. The number of carbonyl (C=O) groups is 2. The minimum absolute atomic E-state index is 0.0172. The fourth-order valence-electron chi connectivity index (χ4n) is 5.08. The molecule has 3 aliphatic rings. The van der Waals surface area contributed by atoms with Crippen LogP contribution in [-0.4, -0.2) is 79.6 Å². The van der Waals surface area contributed by atoms with Crippen LogP contribution in [0.3, 0.4) is 0 Å². The van der Waals surface area contributed by atoms with E-state index in [0.717, 1.165) is 43.6 Å². The number of piperidine rings is 1. The van der Waals surface area contributed by atoms with Crippen molar-refractivity contribution in [3.63, 3.8) is 0 Å². The number of nitrogens with zero attached hydrogens (tertiary/aromatic N) is 6. The SMILES string of the molecule is COc1cccc(N2CC(C(=O)N3CCN(c4ccnc(N5CCCCC5)n4)CC3)CC2=O)c1. The van der Waals surface area contributed by atoms with Gasteiger partial charge in [-0.1, -0.05) is 6.07 Å². The second-order valence-electron chi connectivity index (χ2n) is 9.18. The number of piperazine rings is 1. The van der Waals surface area contributed by atoms with Gasteiger partial charge in [-0.2, -0.15) is 4.98 Å². The molecule has 1 aromatic heterocycles. The summed E-state index contributed by atoms with van der Waals surface area (Å²) >= 11 is 0. The van der Waals surface area contributed by atoms with Crippen LogP contribution in [0.25, 0.3) is 0 Å².